The monoisotopic (exact) mass is 333 g/mol. The molecule has 0 amide bonds. The molecule has 2 aromatic carbocycles. The molecule has 0 bridgehead atoms. The molecule has 0 aliphatic carbocycles. The molecule has 2 nitrogen and oxygen atoms in total. The number of aryl methyl sites for hydroxylation is 2. The number of aromatic nitrogens is 1. The molecule has 2 heterocycles. The highest BCUT2D eigenvalue weighted by Crippen LogP contribution is 2.35. The predicted molar refractivity (Wildman–Crippen MR) is 99.4 cm³/mol. The summed E-state index contributed by atoms with van der Waals surface area (Å²) < 4.78 is 5.68. The second-order valence-corrected chi connectivity index (χ2v) is 6.35. The number of pyridine rings is 1. The SMILES string of the molecule is Cc1cc(-c2cc(-c3ccccc3)c3cc(Cl)ccc3n2)c(C)o1. The second-order valence-electron chi connectivity index (χ2n) is 5.91. The molecule has 118 valence electrons. The third-order valence-corrected chi connectivity index (χ3v) is 4.41. The molecule has 4 aromatic rings. The smallest absolute Gasteiger partial charge is 0.110 e. The molecule has 0 radical (unpaired) electrons. The number of nitrogens with zero attached hydrogens (tertiary/aromatic N) is 1. The first-order chi connectivity index (χ1) is 11.6. The molecule has 0 spiro atoms. The van der Waals surface area contributed by atoms with E-state index in [-0.39, 0.29) is 0 Å². The van der Waals surface area contributed by atoms with E-state index in [1.807, 2.05) is 56.3 Å². The van der Waals surface area contributed by atoms with Crippen molar-refractivity contribution in [3.63, 3.8) is 0 Å². The molecule has 0 N–H and O–H groups in total. The Hall–Kier alpha value is -2.58. The summed E-state index contributed by atoms with van der Waals surface area (Å²) in [6.07, 6.45) is 0. The zero-order valence-corrected chi connectivity index (χ0v) is 14.3. The second kappa shape index (κ2) is 5.81. The number of benzene rings is 2. The van der Waals surface area contributed by atoms with Gasteiger partial charge in [-0.3, -0.25) is 0 Å². The third kappa shape index (κ3) is 2.59. The van der Waals surface area contributed by atoms with Crippen molar-refractivity contribution in [1.29, 1.82) is 0 Å². The molecule has 0 unspecified atom stereocenters. The topological polar surface area (TPSA) is 26.0 Å². The van der Waals surface area contributed by atoms with Crippen molar-refractivity contribution < 1.29 is 4.42 Å². The van der Waals surface area contributed by atoms with Gasteiger partial charge in [-0.05, 0) is 55.3 Å². The third-order valence-electron chi connectivity index (χ3n) is 4.17. The highest BCUT2D eigenvalue weighted by Gasteiger charge is 2.13. The van der Waals surface area contributed by atoms with Crippen molar-refractivity contribution in [3.8, 4) is 22.4 Å². The fourth-order valence-electron chi connectivity index (χ4n) is 3.08. The minimum Gasteiger partial charge on any atom is -0.466 e. The Kier molecular flexibility index (Phi) is 3.62. The molecule has 0 saturated carbocycles. The Morgan fingerprint density at radius 2 is 1.67 bits per heavy atom. The Bertz CT molecular complexity index is 1030. The van der Waals surface area contributed by atoms with E-state index in [0.717, 1.165) is 44.8 Å². The minimum atomic E-state index is 0.713. The summed E-state index contributed by atoms with van der Waals surface area (Å²) in [4.78, 5) is 4.83. The summed E-state index contributed by atoms with van der Waals surface area (Å²) in [5.41, 5.74) is 5.14. The van der Waals surface area contributed by atoms with Crippen LogP contribution in [0.25, 0.3) is 33.3 Å². The van der Waals surface area contributed by atoms with Gasteiger partial charge in [0, 0.05) is 16.0 Å². The van der Waals surface area contributed by atoms with Crippen molar-refractivity contribution in [2.45, 2.75) is 13.8 Å². The highest BCUT2D eigenvalue weighted by atomic mass is 35.5. The van der Waals surface area contributed by atoms with Crippen LogP contribution >= 0.6 is 11.6 Å². The van der Waals surface area contributed by atoms with E-state index < -0.39 is 0 Å². The van der Waals surface area contributed by atoms with Crippen LogP contribution in [0.5, 0.6) is 0 Å². The van der Waals surface area contributed by atoms with Crippen LogP contribution in [0.4, 0.5) is 0 Å². The molecule has 0 aliphatic heterocycles. The van der Waals surface area contributed by atoms with Crippen LogP contribution in [0.2, 0.25) is 5.02 Å². The summed E-state index contributed by atoms with van der Waals surface area (Å²) in [5.74, 6) is 1.77. The van der Waals surface area contributed by atoms with Gasteiger partial charge in [-0.15, -0.1) is 0 Å². The first-order valence-corrected chi connectivity index (χ1v) is 8.23. The van der Waals surface area contributed by atoms with Gasteiger partial charge in [0.1, 0.15) is 11.5 Å². The van der Waals surface area contributed by atoms with Crippen molar-refractivity contribution in [2.75, 3.05) is 0 Å². The van der Waals surface area contributed by atoms with Gasteiger partial charge in [-0.1, -0.05) is 41.9 Å². The Morgan fingerprint density at radius 3 is 2.38 bits per heavy atom. The van der Waals surface area contributed by atoms with E-state index >= 15 is 0 Å². The van der Waals surface area contributed by atoms with Crippen LogP contribution in [0.3, 0.4) is 0 Å². The molecular formula is C21H16ClNO. The maximum Gasteiger partial charge on any atom is 0.110 e. The van der Waals surface area contributed by atoms with E-state index in [9.17, 15) is 0 Å². The molecular weight excluding hydrogens is 318 g/mol. The van der Waals surface area contributed by atoms with Gasteiger partial charge in [0.05, 0.1) is 11.2 Å². The summed E-state index contributed by atoms with van der Waals surface area (Å²) in [6, 6.07) is 20.3. The van der Waals surface area contributed by atoms with Crippen molar-refractivity contribution >= 4 is 22.5 Å². The summed E-state index contributed by atoms with van der Waals surface area (Å²) >= 11 is 6.22. The van der Waals surface area contributed by atoms with E-state index in [0.29, 0.717) is 5.02 Å². The molecule has 0 fully saturated rings. The highest BCUT2D eigenvalue weighted by molar-refractivity contribution is 6.31. The van der Waals surface area contributed by atoms with Gasteiger partial charge in [-0.2, -0.15) is 0 Å². The standard InChI is InChI=1S/C21H16ClNO/c1-13-10-17(14(2)24-13)21-12-18(15-6-4-3-5-7-15)19-11-16(22)8-9-20(19)23-21/h3-12H,1-2H3. The van der Waals surface area contributed by atoms with E-state index in [1.54, 1.807) is 0 Å². The Labute approximate surface area is 145 Å². The molecule has 0 aliphatic rings. The van der Waals surface area contributed by atoms with Crippen LogP contribution in [0.1, 0.15) is 11.5 Å². The molecule has 4 rings (SSSR count). The summed E-state index contributed by atoms with van der Waals surface area (Å²) in [7, 11) is 0. The van der Waals surface area contributed by atoms with E-state index in [2.05, 4.69) is 18.2 Å². The largest absolute Gasteiger partial charge is 0.466 e. The van der Waals surface area contributed by atoms with Crippen LogP contribution in [-0.4, -0.2) is 4.98 Å². The van der Waals surface area contributed by atoms with Crippen molar-refractivity contribution in [2.24, 2.45) is 0 Å². The first-order valence-electron chi connectivity index (χ1n) is 7.85. The maximum absolute atomic E-state index is 6.22. The Balaban J connectivity index is 2.04. The minimum absolute atomic E-state index is 0.713. The number of hydrogen-bond donors (Lipinski definition) is 0. The van der Waals surface area contributed by atoms with Gasteiger partial charge in [0.25, 0.3) is 0 Å². The average Bonchev–Trinajstić information content (AvgIpc) is 2.93. The number of hydrogen-bond acceptors (Lipinski definition) is 2. The van der Waals surface area contributed by atoms with E-state index in [1.165, 1.54) is 0 Å². The lowest BCUT2D eigenvalue weighted by molar-refractivity contribution is 0.505. The molecule has 24 heavy (non-hydrogen) atoms. The molecule has 0 saturated heterocycles. The van der Waals surface area contributed by atoms with Crippen molar-refractivity contribution in [1.82, 2.24) is 4.98 Å². The van der Waals surface area contributed by atoms with E-state index in [4.69, 9.17) is 21.0 Å². The maximum atomic E-state index is 6.22. The normalized spacial score (nSPS) is 11.1. The van der Waals surface area contributed by atoms with Crippen LogP contribution in [-0.2, 0) is 0 Å². The number of fused-ring (bicyclic) bond motifs is 1. The number of furan rings is 1. The number of halogens is 1. The fraction of sp³-hybridized carbons (Fsp3) is 0.0952. The summed E-state index contributed by atoms with van der Waals surface area (Å²) in [5, 5.41) is 1.76. The molecule has 0 atom stereocenters. The van der Waals surface area contributed by atoms with Gasteiger partial charge >= 0.3 is 0 Å². The van der Waals surface area contributed by atoms with Gasteiger partial charge in [0.2, 0.25) is 0 Å². The van der Waals surface area contributed by atoms with Gasteiger partial charge in [-0.25, -0.2) is 4.98 Å². The fourth-order valence-corrected chi connectivity index (χ4v) is 3.25. The van der Waals surface area contributed by atoms with Gasteiger partial charge < -0.3 is 4.42 Å². The zero-order chi connectivity index (χ0) is 16.7. The number of rotatable bonds is 2. The molecule has 3 heteroatoms. The van der Waals surface area contributed by atoms with Gasteiger partial charge in [0.15, 0.2) is 0 Å². The lowest BCUT2D eigenvalue weighted by Crippen LogP contribution is -1.90. The predicted octanol–water partition coefficient (Wildman–Crippen LogP) is 6.43. The lowest BCUT2D eigenvalue weighted by Gasteiger charge is -2.10. The Morgan fingerprint density at radius 1 is 0.875 bits per heavy atom. The first kappa shape index (κ1) is 15.0. The zero-order valence-electron chi connectivity index (χ0n) is 13.5. The molecule has 2 aromatic heterocycles. The quantitative estimate of drug-likeness (QED) is 0.422. The van der Waals surface area contributed by atoms with Crippen LogP contribution < -0.4 is 0 Å². The summed E-state index contributed by atoms with van der Waals surface area (Å²) in [6.45, 7) is 3.92. The van der Waals surface area contributed by atoms with Crippen LogP contribution in [0.15, 0.2) is 65.1 Å². The average molecular weight is 334 g/mol. The lowest BCUT2D eigenvalue weighted by atomic mass is 9.98. The van der Waals surface area contributed by atoms with Crippen LogP contribution in [0, 0.1) is 13.8 Å². The van der Waals surface area contributed by atoms with Crippen molar-refractivity contribution in [3.05, 3.63) is 77.2 Å².